The molecular weight excluding hydrogens is 252 g/mol. The molecule has 0 saturated carbocycles. The fraction of sp³-hybridized carbons (Fsp3) is 0.0769. The topological polar surface area (TPSA) is 59.2 Å². The fourth-order valence-corrected chi connectivity index (χ4v) is 1.68. The Kier molecular flexibility index (Phi) is 3.41. The van der Waals surface area contributed by atoms with Crippen molar-refractivity contribution >= 4 is 17.3 Å². The maximum atomic E-state index is 13.5. The summed E-state index contributed by atoms with van der Waals surface area (Å²) in [6.45, 7) is 0. The number of rotatable bonds is 2. The van der Waals surface area contributed by atoms with Gasteiger partial charge in [-0.2, -0.15) is 0 Å². The van der Waals surface area contributed by atoms with E-state index in [4.69, 9.17) is 5.73 Å². The number of aromatic nitrogens is 1. The predicted octanol–water partition coefficient (Wildman–Crippen LogP) is 2.22. The van der Waals surface area contributed by atoms with Gasteiger partial charge in [0.1, 0.15) is 17.2 Å². The molecule has 6 heteroatoms. The van der Waals surface area contributed by atoms with Crippen LogP contribution in [0, 0.1) is 11.6 Å². The molecule has 0 atom stereocenters. The lowest BCUT2D eigenvalue weighted by Gasteiger charge is -2.19. The minimum absolute atomic E-state index is 0.245. The van der Waals surface area contributed by atoms with E-state index in [1.807, 2.05) is 0 Å². The first-order valence-electron chi connectivity index (χ1n) is 5.44. The van der Waals surface area contributed by atoms with Crippen molar-refractivity contribution in [3.8, 4) is 0 Å². The van der Waals surface area contributed by atoms with Gasteiger partial charge in [-0.1, -0.05) is 6.07 Å². The van der Waals surface area contributed by atoms with E-state index in [9.17, 15) is 13.6 Å². The maximum absolute atomic E-state index is 13.5. The molecule has 0 bridgehead atoms. The zero-order valence-corrected chi connectivity index (χ0v) is 10.1. The summed E-state index contributed by atoms with van der Waals surface area (Å²) in [6.07, 6.45) is 2.80. The highest BCUT2D eigenvalue weighted by atomic mass is 19.1. The second-order valence-corrected chi connectivity index (χ2v) is 3.90. The van der Waals surface area contributed by atoms with E-state index in [1.165, 1.54) is 31.6 Å². The number of halogens is 2. The lowest BCUT2D eigenvalue weighted by Crippen LogP contribution is -2.28. The Morgan fingerprint density at radius 3 is 2.47 bits per heavy atom. The molecule has 0 fully saturated rings. The van der Waals surface area contributed by atoms with Crippen molar-refractivity contribution in [3.05, 3.63) is 53.9 Å². The third-order valence-electron chi connectivity index (χ3n) is 2.67. The molecule has 0 saturated heterocycles. The van der Waals surface area contributed by atoms with Crippen LogP contribution in [0.15, 0.2) is 36.7 Å². The molecule has 0 aliphatic heterocycles. The third-order valence-corrected chi connectivity index (χ3v) is 2.67. The fourth-order valence-electron chi connectivity index (χ4n) is 1.68. The average molecular weight is 263 g/mol. The van der Waals surface area contributed by atoms with Crippen LogP contribution in [0.4, 0.5) is 20.2 Å². The van der Waals surface area contributed by atoms with Crippen molar-refractivity contribution in [3.63, 3.8) is 0 Å². The van der Waals surface area contributed by atoms with Gasteiger partial charge in [0.05, 0.1) is 17.6 Å². The average Bonchev–Trinajstić information content (AvgIpc) is 2.38. The lowest BCUT2D eigenvalue weighted by atomic mass is 10.1. The zero-order chi connectivity index (χ0) is 14.0. The van der Waals surface area contributed by atoms with Crippen LogP contribution in [0.2, 0.25) is 0 Å². The number of nitrogens with two attached hydrogens (primary N) is 1. The first kappa shape index (κ1) is 12.9. The van der Waals surface area contributed by atoms with E-state index in [-0.39, 0.29) is 5.69 Å². The van der Waals surface area contributed by atoms with Gasteiger partial charge in [0.2, 0.25) is 0 Å². The van der Waals surface area contributed by atoms with E-state index in [1.54, 1.807) is 0 Å². The van der Waals surface area contributed by atoms with Gasteiger partial charge in [0.25, 0.3) is 5.91 Å². The summed E-state index contributed by atoms with van der Waals surface area (Å²) >= 11 is 0. The third kappa shape index (κ3) is 2.37. The van der Waals surface area contributed by atoms with Crippen LogP contribution < -0.4 is 10.6 Å². The molecular formula is C13H11F2N3O. The van der Waals surface area contributed by atoms with Crippen LogP contribution >= 0.6 is 0 Å². The Morgan fingerprint density at radius 1 is 1.26 bits per heavy atom. The smallest absolute Gasteiger partial charge is 0.264 e. The van der Waals surface area contributed by atoms with Gasteiger partial charge in [-0.3, -0.25) is 9.78 Å². The van der Waals surface area contributed by atoms with Gasteiger partial charge in [0.15, 0.2) is 0 Å². The summed E-state index contributed by atoms with van der Waals surface area (Å²) in [7, 11) is 1.39. The van der Waals surface area contributed by atoms with Crippen LogP contribution in [-0.2, 0) is 0 Å². The second kappa shape index (κ2) is 5.01. The van der Waals surface area contributed by atoms with Gasteiger partial charge < -0.3 is 10.6 Å². The SMILES string of the molecule is CN(C(=O)c1c(F)cccc1F)c1ccncc1N. The highest BCUT2D eigenvalue weighted by molar-refractivity contribution is 6.07. The number of anilines is 2. The molecule has 1 amide bonds. The van der Waals surface area contributed by atoms with Gasteiger partial charge in [-0.05, 0) is 18.2 Å². The van der Waals surface area contributed by atoms with E-state index < -0.39 is 23.1 Å². The molecule has 2 rings (SSSR count). The monoisotopic (exact) mass is 263 g/mol. The maximum Gasteiger partial charge on any atom is 0.264 e. The largest absolute Gasteiger partial charge is 0.396 e. The molecule has 0 unspecified atom stereocenters. The van der Waals surface area contributed by atoms with Crippen molar-refractivity contribution in [2.75, 3.05) is 17.7 Å². The van der Waals surface area contributed by atoms with E-state index in [0.717, 1.165) is 17.0 Å². The Balaban J connectivity index is 2.43. The zero-order valence-electron chi connectivity index (χ0n) is 10.1. The van der Waals surface area contributed by atoms with Crippen molar-refractivity contribution in [1.82, 2.24) is 4.98 Å². The van der Waals surface area contributed by atoms with Crippen molar-refractivity contribution in [2.45, 2.75) is 0 Å². The molecule has 4 nitrogen and oxygen atoms in total. The molecule has 1 aromatic heterocycles. The number of benzene rings is 1. The quantitative estimate of drug-likeness (QED) is 0.903. The molecule has 0 aliphatic carbocycles. The Hall–Kier alpha value is -2.50. The highest BCUT2D eigenvalue weighted by Crippen LogP contribution is 2.23. The molecule has 2 aromatic rings. The van der Waals surface area contributed by atoms with E-state index in [0.29, 0.717) is 5.69 Å². The summed E-state index contributed by atoms with van der Waals surface area (Å²) in [5.74, 6) is -2.64. The summed E-state index contributed by atoms with van der Waals surface area (Å²) < 4.78 is 27.1. The van der Waals surface area contributed by atoms with Crippen LogP contribution in [-0.4, -0.2) is 17.9 Å². The lowest BCUT2D eigenvalue weighted by molar-refractivity contribution is 0.0985. The first-order chi connectivity index (χ1) is 9.02. The van der Waals surface area contributed by atoms with Crippen LogP contribution in [0.25, 0.3) is 0 Å². The van der Waals surface area contributed by atoms with Crippen LogP contribution in [0.5, 0.6) is 0 Å². The number of pyridine rings is 1. The van der Waals surface area contributed by atoms with E-state index >= 15 is 0 Å². The van der Waals surface area contributed by atoms with Crippen LogP contribution in [0.3, 0.4) is 0 Å². The molecule has 19 heavy (non-hydrogen) atoms. The molecule has 0 radical (unpaired) electrons. The van der Waals surface area contributed by atoms with E-state index in [2.05, 4.69) is 4.98 Å². The molecule has 1 heterocycles. The van der Waals surface area contributed by atoms with Crippen molar-refractivity contribution in [1.29, 1.82) is 0 Å². The van der Waals surface area contributed by atoms with Gasteiger partial charge in [-0.25, -0.2) is 8.78 Å². The summed E-state index contributed by atoms with van der Waals surface area (Å²) in [6, 6.07) is 4.74. The van der Waals surface area contributed by atoms with Crippen LogP contribution in [0.1, 0.15) is 10.4 Å². The Bertz CT molecular complexity index is 611. The molecule has 0 aliphatic rings. The second-order valence-electron chi connectivity index (χ2n) is 3.90. The number of hydrogen-bond donors (Lipinski definition) is 1. The standard InChI is InChI=1S/C13H11F2N3O/c1-18(11-5-6-17-7-10(11)16)13(19)12-8(14)3-2-4-9(12)15/h2-7H,16H2,1H3. The minimum atomic E-state index is -0.913. The highest BCUT2D eigenvalue weighted by Gasteiger charge is 2.22. The molecule has 0 spiro atoms. The minimum Gasteiger partial charge on any atom is -0.396 e. The van der Waals surface area contributed by atoms with Gasteiger partial charge in [-0.15, -0.1) is 0 Å². The summed E-state index contributed by atoms with van der Waals surface area (Å²) in [5.41, 5.74) is 5.64. The molecule has 1 aromatic carbocycles. The Morgan fingerprint density at radius 2 is 1.89 bits per heavy atom. The van der Waals surface area contributed by atoms with Crippen molar-refractivity contribution < 1.29 is 13.6 Å². The number of nitrogens with zero attached hydrogens (tertiary/aromatic N) is 2. The number of carbonyl (C=O) groups is 1. The Labute approximate surface area is 108 Å². The number of amides is 1. The normalized spacial score (nSPS) is 10.3. The summed E-state index contributed by atoms with van der Waals surface area (Å²) in [4.78, 5) is 17.0. The number of nitrogen functional groups attached to an aromatic ring is 1. The van der Waals surface area contributed by atoms with Crippen molar-refractivity contribution in [2.24, 2.45) is 0 Å². The predicted molar refractivity (Wildman–Crippen MR) is 67.7 cm³/mol. The number of hydrogen-bond acceptors (Lipinski definition) is 3. The first-order valence-corrected chi connectivity index (χ1v) is 5.44. The van der Waals surface area contributed by atoms with Gasteiger partial charge in [0, 0.05) is 13.2 Å². The number of carbonyl (C=O) groups excluding carboxylic acids is 1. The molecule has 98 valence electrons. The summed E-state index contributed by atoms with van der Waals surface area (Å²) in [5, 5.41) is 0. The molecule has 2 N–H and O–H groups in total. The van der Waals surface area contributed by atoms with Gasteiger partial charge >= 0.3 is 0 Å².